The van der Waals surface area contributed by atoms with Gasteiger partial charge in [-0.2, -0.15) is 0 Å². The van der Waals surface area contributed by atoms with Gasteiger partial charge in [0.1, 0.15) is 5.60 Å². The molecule has 146 valence electrons. The maximum Gasteiger partial charge on any atom is 0.336 e. The van der Waals surface area contributed by atoms with Gasteiger partial charge in [0.15, 0.2) is 0 Å². The number of aromatic carboxylic acids is 1. The van der Waals surface area contributed by atoms with E-state index < -0.39 is 11.6 Å². The maximum absolute atomic E-state index is 11.4. The zero-order chi connectivity index (χ0) is 20.7. The number of hydrogen-bond acceptors (Lipinski definition) is 2. The second-order valence-corrected chi connectivity index (χ2v) is 9.20. The van der Waals surface area contributed by atoms with E-state index in [9.17, 15) is 15.0 Å². The average Bonchev–Trinajstić information content (AvgIpc) is 2.64. The number of fused-ring (bicyclic) bond motifs is 1. The molecule has 2 aromatic rings. The van der Waals surface area contributed by atoms with E-state index in [0.717, 1.165) is 18.4 Å². The van der Waals surface area contributed by atoms with E-state index in [0.29, 0.717) is 5.56 Å². The van der Waals surface area contributed by atoms with Gasteiger partial charge in [0.05, 0.1) is 5.56 Å². The van der Waals surface area contributed by atoms with Crippen LogP contribution in [0.3, 0.4) is 0 Å². The van der Waals surface area contributed by atoms with Crippen molar-refractivity contribution in [3.63, 3.8) is 0 Å². The summed E-state index contributed by atoms with van der Waals surface area (Å²) in [5.41, 5.74) is 2.63. The highest BCUT2D eigenvalue weighted by Gasteiger charge is 2.38. The summed E-state index contributed by atoms with van der Waals surface area (Å²) < 4.78 is 0. The molecule has 1 aliphatic rings. The van der Waals surface area contributed by atoms with Gasteiger partial charge in [0.25, 0.3) is 0 Å². The quantitative estimate of drug-likeness (QED) is 0.726. The Labute approximate surface area is 167 Å². The number of carbonyl (C=O) groups is 1. The molecule has 1 aliphatic carbocycles. The fourth-order valence-corrected chi connectivity index (χ4v) is 3.93. The Kier molecular flexibility index (Phi) is 4.89. The van der Waals surface area contributed by atoms with Crippen molar-refractivity contribution >= 4 is 5.97 Å². The summed E-state index contributed by atoms with van der Waals surface area (Å²) in [7, 11) is 0. The van der Waals surface area contributed by atoms with E-state index in [2.05, 4.69) is 51.7 Å². The largest absolute Gasteiger partial charge is 0.478 e. The third-order valence-electron chi connectivity index (χ3n) is 6.01. The molecule has 2 aromatic carbocycles. The lowest BCUT2D eigenvalue weighted by atomic mass is 9.62. The first-order valence-electron chi connectivity index (χ1n) is 9.67. The van der Waals surface area contributed by atoms with Crippen molar-refractivity contribution in [1.82, 2.24) is 0 Å². The van der Waals surface area contributed by atoms with Crippen LogP contribution in [0.2, 0.25) is 0 Å². The molecule has 0 saturated carbocycles. The zero-order valence-electron chi connectivity index (χ0n) is 17.3. The molecule has 0 spiro atoms. The third kappa shape index (κ3) is 3.70. The van der Waals surface area contributed by atoms with Gasteiger partial charge in [-0.25, -0.2) is 4.79 Å². The molecular weight excluding hydrogens is 348 g/mol. The van der Waals surface area contributed by atoms with Crippen LogP contribution in [-0.2, 0) is 16.4 Å². The molecule has 3 nitrogen and oxygen atoms in total. The number of benzene rings is 2. The minimum Gasteiger partial charge on any atom is -0.478 e. The van der Waals surface area contributed by atoms with E-state index >= 15 is 0 Å². The molecule has 0 radical (unpaired) electrons. The van der Waals surface area contributed by atoms with Crippen LogP contribution in [0.5, 0.6) is 0 Å². The summed E-state index contributed by atoms with van der Waals surface area (Å²) in [6.45, 7) is 10.7. The van der Waals surface area contributed by atoms with Crippen LogP contribution in [0.25, 0.3) is 0 Å². The highest BCUT2D eigenvalue weighted by molar-refractivity contribution is 5.90. The molecular formula is C25H28O3. The average molecular weight is 376 g/mol. The first kappa shape index (κ1) is 20.2. The molecule has 1 unspecified atom stereocenters. The Bertz CT molecular complexity index is 984. The Hall–Kier alpha value is -2.57. The Morgan fingerprint density at radius 1 is 1.00 bits per heavy atom. The van der Waals surface area contributed by atoms with E-state index in [1.807, 2.05) is 6.07 Å². The zero-order valence-corrected chi connectivity index (χ0v) is 17.3. The fraction of sp³-hybridized carbons (Fsp3) is 0.400. The molecule has 0 heterocycles. The smallest absolute Gasteiger partial charge is 0.336 e. The van der Waals surface area contributed by atoms with Gasteiger partial charge < -0.3 is 10.2 Å². The molecule has 0 aliphatic heterocycles. The van der Waals surface area contributed by atoms with Crippen molar-refractivity contribution in [2.24, 2.45) is 0 Å². The second kappa shape index (κ2) is 6.79. The van der Waals surface area contributed by atoms with E-state index in [4.69, 9.17) is 0 Å². The monoisotopic (exact) mass is 376 g/mol. The van der Waals surface area contributed by atoms with Crippen molar-refractivity contribution < 1.29 is 15.0 Å². The molecule has 0 bridgehead atoms. The number of aliphatic hydroxyl groups is 1. The minimum atomic E-state index is -1.38. The number of carboxylic acid groups (broad SMARTS) is 1. The van der Waals surface area contributed by atoms with Crippen molar-refractivity contribution in [2.45, 2.75) is 63.9 Å². The summed E-state index contributed by atoms with van der Waals surface area (Å²) in [5.74, 6) is 4.73. The molecule has 3 heteroatoms. The van der Waals surface area contributed by atoms with E-state index in [1.54, 1.807) is 25.1 Å². The number of rotatable bonds is 2. The van der Waals surface area contributed by atoms with Gasteiger partial charge in [-0.3, -0.25) is 0 Å². The molecule has 0 amide bonds. The standard InChI is InChI=1S/C25H28O3/c1-23(2)14-15-24(3,4)21-16-18(10-11-20(21)23)25(5,28)13-12-17-8-6-7-9-19(17)22(26)27/h6-11,16,28H,14-15H2,1-5H3,(H,26,27). The predicted octanol–water partition coefficient (Wildman–Crippen LogP) is 4.99. The summed E-state index contributed by atoms with van der Waals surface area (Å²) >= 11 is 0. The lowest BCUT2D eigenvalue weighted by molar-refractivity contribution is 0.0696. The topological polar surface area (TPSA) is 57.5 Å². The van der Waals surface area contributed by atoms with Gasteiger partial charge in [-0.1, -0.05) is 69.9 Å². The summed E-state index contributed by atoms with van der Waals surface area (Å²) in [6, 6.07) is 12.7. The lowest BCUT2D eigenvalue weighted by Crippen LogP contribution is -2.34. The SMILES string of the molecule is CC(O)(C#Cc1ccccc1C(=O)O)c1ccc2c(c1)C(C)(C)CCC2(C)C. The number of hydrogen-bond donors (Lipinski definition) is 2. The third-order valence-corrected chi connectivity index (χ3v) is 6.01. The highest BCUT2D eigenvalue weighted by atomic mass is 16.4. The first-order valence-corrected chi connectivity index (χ1v) is 9.67. The minimum absolute atomic E-state index is 0.0419. The summed E-state index contributed by atoms with van der Waals surface area (Å²) in [4.78, 5) is 11.4. The second-order valence-electron chi connectivity index (χ2n) is 9.20. The molecule has 28 heavy (non-hydrogen) atoms. The van der Waals surface area contributed by atoms with E-state index in [-0.39, 0.29) is 16.4 Å². The van der Waals surface area contributed by atoms with Crippen LogP contribution < -0.4 is 0 Å². The van der Waals surface area contributed by atoms with Gasteiger partial charge in [-0.15, -0.1) is 0 Å². The van der Waals surface area contributed by atoms with Crippen molar-refractivity contribution in [3.05, 3.63) is 70.3 Å². The fourth-order valence-electron chi connectivity index (χ4n) is 3.93. The number of carboxylic acids is 1. The predicted molar refractivity (Wildman–Crippen MR) is 112 cm³/mol. The summed E-state index contributed by atoms with van der Waals surface area (Å²) in [6.07, 6.45) is 2.23. The Balaban J connectivity index is 2.05. The molecule has 0 fully saturated rings. The van der Waals surface area contributed by atoms with Gasteiger partial charge in [-0.05, 0) is 59.4 Å². The van der Waals surface area contributed by atoms with Crippen LogP contribution in [0.1, 0.15) is 80.1 Å². The highest BCUT2D eigenvalue weighted by Crippen LogP contribution is 2.46. The van der Waals surface area contributed by atoms with Crippen LogP contribution in [0.15, 0.2) is 42.5 Å². The molecule has 0 aromatic heterocycles. The molecule has 2 N–H and O–H groups in total. The molecule has 0 saturated heterocycles. The molecule has 1 atom stereocenters. The van der Waals surface area contributed by atoms with Crippen LogP contribution in [0.4, 0.5) is 0 Å². The Morgan fingerprint density at radius 3 is 2.25 bits per heavy atom. The normalized spacial score (nSPS) is 18.9. The van der Waals surface area contributed by atoms with Gasteiger partial charge in [0, 0.05) is 5.56 Å². The van der Waals surface area contributed by atoms with Crippen LogP contribution in [0, 0.1) is 11.8 Å². The Morgan fingerprint density at radius 2 is 1.61 bits per heavy atom. The maximum atomic E-state index is 11.4. The first-order chi connectivity index (χ1) is 12.9. The van der Waals surface area contributed by atoms with Crippen LogP contribution >= 0.6 is 0 Å². The van der Waals surface area contributed by atoms with Crippen LogP contribution in [-0.4, -0.2) is 16.2 Å². The van der Waals surface area contributed by atoms with Crippen molar-refractivity contribution in [1.29, 1.82) is 0 Å². The van der Waals surface area contributed by atoms with Gasteiger partial charge >= 0.3 is 5.97 Å². The summed E-state index contributed by atoms with van der Waals surface area (Å²) in [5, 5.41) is 20.4. The van der Waals surface area contributed by atoms with Crippen molar-refractivity contribution in [3.8, 4) is 11.8 Å². The van der Waals surface area contributed by atoms with E-state index in [1.165, 1.54) is 17.2 Å². The lowest BCUT2D eigenvalue weighted by Gasteiger charge is -2.42. The molecule has 3 rings (SSSR count). The van der Waals surface area contributed by atoms with Gasteiger partial charge in [0.2, 0.25) is 0 Å². The van der Waals surface area contributed by atoms with Crippen molar-refractivity contribution in [2.75, 3.05) is 0 Å².